The highest BCUT2D eigenvalue weighted by Crippen LogP contribution is 2.42. The molecule has 0 spiro atoms. The van der Waals surface area contributed by atoms with Crippen LogP contribution in [0.4, 0.5) is 0 Å². The summed E-state index contributed by atoms with van der Waals surface area (Å²) in [6.07, 6.45) is 0.456. The average Bonchev–Trinajstić information content (AvgIpc) is 3.28. The molecule has 0 bridgehead atoms. The maximum absolute atomic E-state index is 12.5. The third-order valence-corrected chi connectivity index (χ3v) is 3.72. The van der Waals surface area contributed by atoms with Crippen molar-refractivity contribution >= 4 is 11.8 Å². The van der Waals surface area contributed by atoms with Gasteiger partial charge in [-0.05, 0) is 17.5 Å². The Balaban J connectivity index is 1.95. The standard InChI is InChI=1S/C17H14O3/c18-16(14-10-15(14)17(19)20)13-9-5-4-8-12(13)11-6-2-1-3-7-11/h1-9,14-15H,10H2,(H,19,20)/t14-,15+/m0/s1. The van der Waals surface area contributed by atoms with Gasteiger partial charge < -0.3 is 5.11 Å². The predicted molar refractivity (Wildman–Crippen MR) is 75.4 cm³/mol. The van der Waals surface area contributed by atoms with Crippen molar-refractivity contribution in [3.8, 4) is 11.1 Å². The molecule has 0 aromatic heterocycles. The summed E-state index contributed by atoms with van der Waals surface area (Å²) in [5.41, 5.74) is 2.46. The number of carboxylic acids is 1. The van der Waals surface area contributed by atoms with Crippen LogP contribution in [0.25, 0.3) is 11.1 Å². The molecule has 2 aromatic rings. The summed E-state index contributed by atoms with van der Waals surface area (Å²) in [4.78, 5) is 23.4. The number of rotatable bonds is 4. The molecule has 0 saturated heterocycles. The third kappa shape index (κ3) is 2.23. The minimum atomic E-state index is -0.874. The van der Waals surface area contributed by atoms with Crippen molar-refractivity contribution in [2.75, 3.05) is 0 Å². The van der Waals surface area contributed by atoms with Crippen LogP contribution in [0.5, 0.6) is 0 Å². The third-order valence-electron chi connectivity index (χ3n) is 3.72. The molecule has 1 aliphatic carbocycles. The SMILES string of the molecule is O=C(c1ccccc1-c1ccccc1)[C@H]1C[C@H]1C(=O)O. The fourth-order valence-corrected chi connectivity index (χ4v) is 2.52. The number of carboxylic acid groups (broad SMARTS) is 1. The molecule has 1 fully saturated rings. The Labute approximate surface area is 116 Å². The van der Waals surface area contributed by atoms with Crippen molar-refractivity contribution in [1.82, 2.24) is 0 Å². The molecule has 1 N–H and O–H groups in total. The lowest BCUT2D eigenvalue weighted by Crippen LogP contribution is -2.09. The van der Waals surface area contributed by atoms with Crippen molar-refractivity contribution in [2.45, 2.75) is 6.42 Å². The van der Waals surface area contributed by atoms with Crippen LogP contribution in [0.1, 0.15) is 16.8 Å². The molecule has 0 unspecified atom stereocenters. The van der Waals surface area contributed by atoms with Crippen molar-refractivity contribution in [1.29, 1.82) is 0 Å². The zero-order chi connectivity index (χ0) is 14.1. The van der Waals surface area contributed by atoms with E-state index in [4.69, 9.17) is 5.11 Å². The van der Waals surface area contributed by atoms with Gasteiger partial charge in [-0.2, -0.15) is 0 Å². The maximum atomic E-state index is 12.5. The van der Waals surface area contributed by atoms with E-state index in [0.29, 0.717) is 12.0 Å². The van der Waals surface area contributed by atoms with Gasteiger partial charge in [0.05, 0.1) is 5.92 Å². The summed E-state index contributed by atoms with van der Waals surface area (Å²) >= 11 is 0. The Bertz CT molecular complexity index is 661. The van der Waals surface area contributed by atoms with Gasteiger partial charge in [0.2, 0.25) is 0 Å². The Morgan fingerprint density at radius 2 is 1.55 bits per heavy atom. The minimum Gasteiger partial charge on any atom is -0.481 e. The molecular weight excluding hydrogens is 252 g/mol. The highest BCUT2D eigenvalue weighted by Gasteiger charge is 2.48. The van der Waals surface area contributed by atoms with Gasteiger partial charge >= 0.3 is 5.97 Å². The van der Waals surface area contributed by atoms with Crippen molar-refractivity contribution in [3.05, 3.63) is 60.2 Å². The van der Waals surface area contributed by atoms with Crippen LogP contribution < -0.4 is 0 Å². The molecular formula is C17H14O3. The van der Waals surface area contributed by atoms with Gasteiger partial charge in [-0.15, -0.1) is 0 Å². The molecule has 0 aliphatic heterocycles. The minimum absolute atomic E-state index is 0.0585. The van der Waals surface area contributed by atoms with Gasteiger partial charge in [-0.3, -0.25) is 9.59 Å². The zero-order valence-corrected chi connectivity index (χ0v) is 10.8. The number of benzene rings is 2. The van der Waals surface area contributed by atoms with E-state index in [2.05, 4.69) is 0 Å². The molecule has 3 heteroatoms. The fraction of sp³-hybridized carbons (Fsp3) is 0.176. The molecule has 100 valence electrons. The number of aliphatic carboxylic acids is 1. The van der Waals surface area contributed by atoms with Crippen LogP contribution in [0.15, 0.2) is 54.6 Å². The molecule has 0 radical (unpaired) electrons. The number of ketones is 1. The number of Topliss-reactive ketones (excluding diaryl/α,β-unsaturated/α-hetero) is 1. The summed E-state index contributed by atoms with van der Waals surface area (Å²) in [6.45, 7) is 0. The molecule has 2 aromatic carbocycles. The van der Waals surface area contributed by atoms with Gasteiger partial charge in [-0.25, -0.2) is 0 Å². The topological polar surface area (TPSA) is 54.4 Å². The maximum Gasteiger partial charge on any atom is 0.307 e. The van der Waals surface area contributed by atoms with Crippen LogP contribution in [0, 0.1) is 11.8 Å². The van der Waals surface area contributed by atoms with E-state index in [1.807, 2.05) is 48.5 Å². The van der Waals surface area contributed by atoms with E-state index in [-0.39, 0.29) is 11.7 Å². The number of carbonyl (C=O) groups excluding carboxylic acids is 1. The van der Waals surface area contributed by atoms with E-state index in [1.165, 1.54) is 0 Å². The van der Waals surface area contributed by atoms with Crippen LogP contribution >= 0.6 is 0 Å². The molecule has 1 aliphatic rings. The van der Waals surface area contributed by atoms with E-state index < -0.39 is 11.9 Å². The first-order valence-corrected chi connectivity index (χ1v) is 6.60. The summed E-state index contributed by atoms with van der Waals surface area (Å²) < 4.78 is 0. The first kappa shape index (κ1) is 12.6. The monoisotopic (exact) mass is 266 g/mol. The molecule has 1 saturated carbocycles. The van der Waals surface area contributed by atoms with Crippen molar-refractivity contribution in [2.24, 2.45) is 11.8 Å². The number of carbonyl (C=O) groups is 2. The normalized spacial score (nSPS) is 20.4. The Morgan fingerprint density at radius 3 is 2.20 bits per heavy atom. The number of hydrogen-bond donors (Lipinski definition) is 1. The highest BCUT2D eigenvalue weighted by atomic mass is 16.4. The van der Waals surface area contributed by atoms with Crippen LogP contribution in [-0.2, 0) is 4.79 Å². The van der Waals surface area contributed by atoms with E-state index in [1.54, 1.807) is 6.07 Å². The zero-order valence-electron chi connectivity index (χ0n) is 10.8. The predicted octanol–water partition coefficient (Wildman–Crippen LogP) is 3.26. The van der Waals surface area contributed by atoms with Gasteiger partial charge in [0.15, 0.2) is 5.78 Å². The second kappa shape index (κ2) is 4.93. The number of hydrogen-bond acceptors (Lipinski definition) is 2. The fourth-order valence-electron chi connectivity index (χ4n) is 2.52. The van der Waals surface area contributed by atoms with Crippen LogP contribution in [0.2, 0.25) is 0 Å². The molecule has 0 amide bonds. The Morgan fingerprint density at radius 1 is 0.900 bits per heavy atom. The van der Waals surface area contributed by atoms with Gasteiger partial charge in [-0.1, -0.05) is 54.6 Å². The quantitative estimate of drug-likeness (QED) is 0.864. The molecule has 3 nitrogen and oxygen atoms in total. The van der Waals surface area contributed by atoms with E-state index >= 15 is 0 Å². The second-order valence-corrected chi connectivity index (χ2v) is 5.06. The highest BCUT2D eigenvalue weighted by molar-refractivity contribution is 6.07. The average molecular weight is 266 g/mol. The van der Waals surface area contributed by atoms with Crippen molar-refractivity contribution in [3.63, 3.8) is 0 Å². The second-order valence-electron chi connectivity index (χ2n) is 5.06. The lowest BCUT2D eigenvalue weighted by Gasteiger charge is -2.08. The van der Waals surface area contributed by atoms with E-state index in [0.717, 1.165) is 11.1 Å². The molecule has 0 heterocycles. The van der Waals surface area contributed by atoms with Gasteiger partial charge in [0, 0.05) is 11.5 Å². The smallest absolute Gasteiger partial charge is 0.307 e. The summed E-state index contributed by atoms with van der Waals surface area (Å²) in [6, 6.07) is 17.1. The summed E-state index contributed by atoms with van der Waals surface area (Å²) in [5.74, 6) is -1.80. The van der Waals surface area contributed by atoms with Crippen LogP contribution in [-0.4, -0.2) is 16.9 Å². The lowest BCUT2D eigenvalue weighted by atomic mass is 9.95. The summed E-state index contributed by atoms with van der Waals surface area (Å²) in [7, 11) is 0. The molecule has 3 rings (SSSR count). The largest absolute Gasteiger partial charge is 0.481 e. The van der Waals surface area contributed by atoms with Gasteiger partial charge in [0.25, 0.3) is 0 Å². The summed E-state index contributed by atoms with van der Waals surface area (Å²) in [5, 5.41) is 8.95. The van der Waals surface area contributed by atoms with E-state index in [9.17, 15) is 9.59 Å². The van der Waals surface area contributed by atoms with Gasteiger partial charge in [0.1, 0.15) is 0 Å². The van der Waals surface area contributed by atoms with Crippen molar-refractivity contribution < 1.29 is 14.7 Å². The van der Waals surface area contributed by atoms with Crippen LogP contribution in [0.3, 0.4) is 0 Å². The Hall–Kier alpha value is -2.42. The first-order chi connectivity index (χ1) is 9.68. The lowest BCUT2D eigenvalue weighted by molar-refractivity contribution is -0.138. The Kier molecular flexibility index (Phi) is 3.11. The molecule has 2 atom stereocenters. The molecule has 20 heavy (non-hydrogen) atoms. The first-order valence-electron chi connectivity index (χ1n) is 6.60.